The first kappa shape index (κ1) is 26.0. The van der Waals surface area contributed by atoms with E-state index in [2.05, 4.69) is 30.1 Å². The molecule has 0 radical (unpaired) electrons. The van der Waals surface area contributed by atoms with Crippen LogP contribution in [0.5, 0.6) is 0 Å². The predicted octanol–water partition coefficient (Wildman–Crippen LogP) is 4.96. The van der Waals surface area contributed by atoms with Crippen LogP contribution in [0.2, 0.25) is 0 Å². The van der Waals surface area contributed by atoms with Gasteiger partial charge in [0.2, 0.25) is 17.6 Å². The van der Waals surface area contributed by atoms with Crippen LogP contribution < -0.4 is 0 Å². The summed E-state index contributed by atoms with van der Waals surface area (Å²) >= 11 is 1.59. The number of furan rings is 1. The molecular weight excluding hydrogens is 474 g/mol. The average Bonchev–Trinajstić information content (AvgIpc) is 3.55. The summed E-state index contributed by atoms with van der Waals surface area (Å²) in [4.78, 5) is 29.1. The first-order chi connectivity index (χ1) is 17.5. The number of unbranched alkanes of at least 4 members (excludes halogenated alkanes) is 1. The number of hydrogen-bond donors (Lipinski definition) is 0. The van der Waals surface area contributed by atoms with Gasteiger partial charge < -0.3 is 14.2 Å². The van der Waals surface area contributed by atoms with Gasteiger partial charge in [-0.1, -0.05) is 43.3 Å². The maximum absolute atomic E-state index is 12.9. The van der Waals surface area contributed by atoms with Crippen molar-refractivity contribution in [3.63, 3.8) is 0 Å². The van der Waals surface area contributed by atoms with Crippen molar-refractivity contribution in [1.29, 1.82) is 0 Å². The van der Waals surface area contributed by atoms with E-state index in [4.69, 9.17) is 4.42 Å². The van der Waals surface area contributed by atoms with Crippen LogP contribution >= 0.6 is 11.8 Å². The van der Waals surface area contributed by atoms with E-state index < -0.39 is 0 Å². The molecule has 1 saturated heterocycles. The van der Waals surface area contributed by atoms with E-state index in [-0.39, 0.29) is 17.9 Å². The standard InChI is InChI=1S/C27H35N5O3S/c1-4-5-13-25(34)31-16-15-30(19-21(31)3)24(33)14-9-18-36-27-29-28-26(23-12-8-17-35-23)32(27)22-11-7-6-10-20(22)2/h6-8,10-12,17,21H,4-5,9,13-16,18-19H2,1-3H3. The molecule has 1 aromatic carbocycles. The molecule has 1 fully saturated rings. The van der Waals surface area contributed by atoms with Crippen molar-refractivity contribution >= 4 is 23.6 Å². The van der Waals surface area contributed by atoms with Gasteiger partial charge in [-0.2, -0.15) is 0 Å². The lowest BCUT2D eigenvalue weighted by Gasteiger charge is -2.40. The van der Waals surface area contributed by atoms with Crippen molar-refractivity contribution in [2.75, 3.05) is 25.4 Å². The number of nitrogens with zero attached hydrogens (tertiary/aromatic N) is 5. The fourth-order valence-corrected chi connectivity index (χ4v) is 5.42. The van der Waals surface area contributed by atoms with Crippen molar-refractivity contribution in [2.24, 2.45) is 0 Å². The van der Waals surface area contributed by atoms with E-state index in [0.717, 1.165) is 41.4 Å². The van der Waals surface area contributed by atoms with Gasteiger partial charge in [-0.15, -0.1) is 10.2 Å². The molecule has 36 heavy (non-hydrogen) atoms. The minimum atomic E-state index is 0.0640. The minimum absolute atomic E-state index is 0.0640. The molecular formula is C27H35N5O3S. The zero-order valence-corrected chi connectivity index (χ0v) is 22.2. The SMILES string of the molecule is CCCCC(=O)N1CCN(C(=O)CCCSc2nnc(-c3ccco3)n2-c2ccccc2C)CC1C. The number of rotatable bonds is 10. The Kier molecular flexibility index (Phi) is 8.85. The van der Waals surface area contributed by atoms with E-state index in [9.17, 15) is 9.59 Å². The highest BCUT2D eigenvalue weighted by atomic mass is 32.2. The highest BCUT2D eigenvalue weighted by Crippen LogP contribution is 2.30. The number of hydrogen-bond acceptors (Lipinski definition) is 6. The highest BCUT2D eigenvalue weighted by Gasteiger charge is 2.29. The molecule has 1 aliphatic heterocycles. The summed E-state index contributed by atoms with van der Waals surface area (Å²) in [5, 5.41) is 9.61. The van der Waals surface area contributed by atoms with Gasteiger partial charge in [-0.05, 0) is 50.5 Å². The summed E-state index contributed by atoms with van der Waals surface area (Å²) in [5.41, 5.74) is 2.12. The molecule has 8 nitrogen and oxygen atoms in total. The number of aryl methyl sites for hydroxylation is 1. The third-order valence-electron chi connectivity index (χ3n) is 6.54. The Balaban J connectivity index is 1.33. The molecule has 192 valence electrons. The van der Waals surface area contributed by atoms with Gasteiger partial charge in [0.05, 0.1) is 12.0 Å². The summed E-state index contributed by atoms with van der Waals surface area (Å²) < 4.78 is 7.63. The smallest absolute Gasteiger partial charge is 0.222 e. The lowest BCUT2D eigenvalue weighted by molar-refractivity contribution is -0.142. The summed E-state index contributed by atoms with van der Waals surface area (Å²) in [6.07, 6.45) is 5.38. The van der Waals surface area contributed by atoms with Gasteiger partial charge >= 0.3 is 0 Å². The number of amides is 2. The van der Waals surface area contributed by atoms with Crippen LogP contribution in [0.1, 0.15) is 51.5 Å². The Bertz CT molecular complexity index is 1160. The predicted molar refractivity (Wildman–Crippen MR) is 141 cm³/mol. The van der Waals surface area contributed by atoms with Crippen molar-refractivity contribution in [3.05, 3.63) is 48.2 Å². The molecule has 1 aliphatic rings. The van der Waals surface area contributed by atoms with Gasteiger partial charge in [0.1, 0.15) is 0 Å². The molecule has 2 aromatic heterocycles. The van der Waals surface area contributed by atoms with Crippen LogP contribution in [-0.4, -0.2) is 67.8 Å². The summed E-state index contributed by atoms with van der Waals surface area (Å²) in [6.45, 7) is 8.04. The van der Waals surface area contributed by atoms with Crippen LogP contribution in [0.15, 0.2) is 52.2 Å². The second-order valence-corrected chi connectivity index (χ2v) is 10.3. The second-order valence-electron chi connectivity index (χ2n) is 9.24. The lowest BCUT2D eigenvalue weighted by atomic mass is 10.1. The quantitative estimate of drug-likeness (QED) is 0.284. The largest absolute Gasteiger partial charge is 0.461 e. The monoisotopic (exact) mass is 509 g/mol. The van der Waals surface area contributed by atoms with E-state index in [0.29, 0.717) is 44.1 Å². The Morgan fingerprint density at radius 1 is 1.06 bits per heavy atom. The van der Waals surface area contributed by atoms with Crippen molar-refractivity contribution < 1.29 is 14.0 Å². The number of thioether (sulfide) groups is 1. The molecule has 0 aliphatic carbocycles. The first-order valence-corrected chi connectivity index (χ1v) is 13.7. The molecule has 9 heteroatoms. The highest BCUT2D eigenvalue weighted by molar-refractivity contribution is 7.99. The second kappa shape index (κ2) is 12.3. The summed E-state index contributed by atoms with van der Waals surface area (Å²) in [5.74, 6) is 2.43. The van der Waals surface area contributed by atoms with Gasteiger partial charge in [0.15, 0.2) is 10.9 Å². The molecule has 3 heterocycles. The number of carbonyl (C=O) groups excluding carboxylic acids is 2. The van der Waals surface area contributed by atoms with Crippen molar-refractivity contribution in [2.45, 2.75) is 64.1 Å². The maximum atomic E-state index is 12.9. The van der Waals surface area contributed by atoms with Crippen LogP contribution in [0.25, 0.3) is 17.3 Å². The molecule has 1 atom stereocenters. The fourth-order valence-electron chi connectivity index (χ4n) is 4.53. The zero-order valence-electron chi connectivity index (χ0n) is 21.4. The molecule has 3 aromatic rings. The Morgan fingerprint density at radius 2 is 1.86 bits per heavy atom. The fraction of sp³-hybridized carbons (Fsp3) is 0.481. The third-order valence-corrected chi connectivity index (χ3v) is 7.56. The van der Waals surface area contributed by atoms with Crippen LogP contribution in [0, 0.1) is 6.92 Å². The van der Waals surface area contributed by atoms with Gasteiger partial charge in [-0.3, -0.25) is 14.2 Å². The molecule has 0 N–H and O–H groups in total. The lowest BCUT2D eigenvalue weighted by Crippen LogP contribution is -2.55. The van der Waals surface area contributed by atoms with Crippen LogP contribution in [0.3, 0.4) is 0 Å². The maximum Gasteiger partial charge on any atom is 0.222 e. The molecule has 1 unspecified atom stereocenters. The topological polar surface area (TPSA) is 84.5 Å². The number of carbonyl (C=O) groups is 2. The molecule has 4 rings (SSSR count). The average molecular weight is 510 g/mol. The summed E-state index contributed by atoms with van der Waals surface area (Å²) in [7, 11) is 0. The van der Waals surface area contributed by atoms with Crippen LogP contribution in [0.4, 0.5) is 0 Å². The van der Waals surface area contributed by atoms with E-state index in [1.54, 1.807) is 18.0 Å². The number of para-hydroxylation sites is 1. The van der Waals surface area contributed by atoms with E-state index in [1.807, 2.05) is 51.6 Å². The minimum Gasteiger partial charge on any atom is -0.461 e. The van der Waals surface area contributed by atoms with Gasteiger partial charge in [0.25, 0.3) is 0 Å². The number of aromatic nitrogens is 3. The van der Waals surface area contributed by atoms with Gasteiger partial charge in [0, 0.05) is 44.3 Å². The van der Waals surface area contributed by atoms with Crippen molar-refractivity contribution in [1.82, 2.24) is 24.6 Å². The first-order valence-electron chi connectivity index (χ1n) is 12.7. The Hall–Kier alpha value is -3.07. The van der Waals surface area contributed by atoms with Gasteiger partial charge in [-0.25, -0.2) is 0 Å². The third kappa shape index (κ3) is 6.00. The number of piperazine rings is 1. The van der Waals surface area contributed by atoms with Crippen LogP contribution in [-0.2, 0) is 9.59 Å². The molecule has 0 spiro atoms. The Morgan fingerprint density at radius 3 is 2.58 bits per heavy atom. The summed E-state index contributed by atoms with van der Waals surface area (Å²) in [6, 6.07) is 11.9. The zero-order chi connectivity index (χ0) is 25.5. The van der Waals surface area contributed by atoms with E-state index >= 15 is 0 Å². The Labute approximate surface area is 217 Å². The molecule has 0 saturated carbocycles. The van der Waals surface area contributed by atoms with Crippen molar-refractivity contribution in [3.8, 4) is 17.3 Å². The molecule has 0 bridgehead atoms. The number of benzene rings is 1. The molecule has 2 amide bonds. The normalized spacial score (nSPS) is 15.9. The van der Waals surface area contributed by atoms with E-state index in [1.165, 1.54) is 0 Å².